The number of ether oxygens (including phenoxy) is 1. The lowest BCUT2D eigenvalue weighted by molar-refractivity contribution is -0.384. The zero-order valence-electron chi connectivity index (χ0n) is 18.4. The molecule has 2 heterocycles. The van der Waals surface area contributed by atoms with Crippen LogP contribution >= 0.6 is 0 Å². The second-order valence-electron chi connectivity index (χ2n) is 8.50. The predicted molar refractivity (Wildman–Crippen MR) is 123 cm³/mol. The van der Waals surface area contributed by atoms with Crippen molar-refractivity contribution in [3.63, 3.8) is 0 Å². The molecule has 1 amide bonds. The van der Waals surface area contributed by atoms with Crippen LogP contribution < -0.4 is 10.2 Å². The third kappa shape index (κ3) is 4.92. The molecule has 2 aromatic carbocycles. The smallest absolute Gasteiger partial charge is 0.269 e. The number of hydrogen-bond acceptors (Lipinski definition) is 6. The monoisotopic (exact) mass is 438 g/mol. The fraction of sp³-hybridized carbons (Fsp3) is 0.458. The van der Waals surface area contributed by atoms with Gasteiger partial charge in [0.15, 0.2) is 0 Å². The van der Waals surface area contributed by atoms with Crippen molar-refractivity contribution in [1.29, 1.82) is 0 Å². The summed E-state index contributed by atoms with van der Waals surface area (Å²) in [5.74, 6) is -0.250. The Bertz CT molecular complexity index is 952. The molecule has 2 atom stereocenters. The maximum atomic E-state index is 13.2. The molecule has 1 N–H and O–H groups in total. The van der Waals surface area contributed by atoms with Crippen molar-refractivity contribution in [2.45, 2.75) is 25.4 Å². The molecular weight excluding hydrogens is 408 g/mol. The summed E-state index contributed by atoms with van der Waals surface area (Å²) in [6.45, 7) is 4.45. The fourth-order valence-electron chi connectivity index (χ4n) is 4.83. The van der Waals surface area contributed by atoms with Crippen LogP contribution in [0.15, 0.2) is 48.5 Å². The molecule has 0 aliphatic carbocycles. The number of nitrogens with zero attached hydrogens (tertiary/aromatic N) is 3. The predicted octanol–water partition coefficient (Wildman–Crippen LogP) is 2.61. The summed E-state index contributed by atoms with van der Waals surface area (Å²) in [5.41, 5.74) is 3.23. The number of anilines is 1. The number of nitro groups is 1. The zero-order chi connectivity index (χ0) is 22.5. The summed E-state index contributed by atoms with van der Waals surface area (Å²) in [6.07, 6.45) is 1.26. The first-order valence-electron chi connectivity index (χ1n) is 11.1. The number of non-ortho nitro benzene ring substituents is 1. The SMILES string of the molecule is COCCCNC(=O)[C@H]1Cc2cc([N+](=O)[O-])ccc2N2CCN(Cc3ccccc3)C[C@@H]12. The van der Waals surface area contributed by atoms with Gasteiger partial charge in [0.2, 0.25) is 5.91 Å². The summed E-state index contributed by atoms with van der Waals surface area (Å²) in [6, 6.07) is 15.4. The molecule has 8 heteroatoms. The van der Waals surface area contributed by atoms with Crippen LogP contribution in [0.2, 0.25) is 0 Å². The molecular formula is C24H30N4O4. The molecule has 4 rings (SSSR count). The Morgan fingerprint density at radius 1 is 1.22 bits per heavy atom. The summed E-state index contributed by atoms with van der Waals surface area (Å²) >= 11 is 0. The zero-order valence-corrected chi connectivity index (χ0v) is 18.4. The molecule has 0 spiro atoms. The highest BCUT2D eigenvalue weighted by Gasteiger charge is 2.41. The maximum absolute atomic E-state index is 13.2. The van der Waals surface area contributed by atoms with Crippen molar-refractivity contribution in [2.75, 3.05) is 44.8 Å². The van der Waals surface area contributed by atoms with Gasteiger partial charge in [-0.3, -0.25) is 19.8 Å². The molecule has 0 radical (unpaired) electrons. The van der Waals surface area contributed by atoms with E-state index in [1.807, 2.05) is 24.3 Å². The number of methoxy groups -OCH3 is 1. The Morgan fingerprint density at radius 2 is 2.03 bits per heavy atom. The molecule has 0 saturated carbocycles. The lowest BCUT2D eigenvalue weighted by Crippen LogP contribution is -2.60. The highest BCUT2D eigenvalue weighted by atomic mass is 16.6. The lowest BCUT2D eigenvalue weighted by Gasteiger charge is -2.49. The lowest BCUT2D eigenvalue weighted by atomic mass is 9.83. The van der Waals surface area contributed by atoms with Crippen LogP contribution in [0.5, 0.6) is 0 Å². The minimum Gasteiger partial charge on any atom is -0.385 e. The molecule has 170 valence electrons. The Hall–Kier alpha value is -2.97. The molecule has 2 aliphatic heterocycles. The van der Waals surface area contributed by atoms with Crippen LogP contribution in [0, 0.1) is 16.0 Å². The van der Waals surface area contributed by atoms with Gasteiger partial charge in [0.25, 0.3) is 5.69 Å². The van der Waals surface area contributed by atoms with E-state index >= 15 is 0 Å². The van der Waals surface area contributed by atoms with Crippen molar-refractivity contribution in [1.82, 2.24) is 10.2 Å². The molecule has 1 fully saturated rings. The third-order valence-electron chi connectivity index (χ3n) is 6.40. The maximum Gasteiger partial charge on any atom is 0.269 e. The van der Waals surface area contributed by atoms with Crippen LogP contribution in [-0.2, 0) is 22.5 Å². The second kappa shape index (κ2) is 10.1. The first-order chi connectivity index (χ1) is 15.6. The second-order valence-corrected chi connectivity index (χ2v) is 8.50. The summed E-state index contributed by atoms with van der Waals surface area (Å²) in [5, 5.41) is 14.4. The Balaban J connectivity index is 1.56. The van der Waals surface area contributed by atoms with E-state index in [-0.39, 0.29) is 28.5 Å². The Kier molecular flexibility index (Phi) is 7.02. The molecule has 8 nitrogen and oxygen atoms in total. The van der Waals surface area contributed by atoms with Gasteiger partial charge in [-0.1, -0.05) is 30.3 Å². The highest BCUT2D eigenvalue weighted by molar-refractivity contribution is 5.82. The summed E-state index contributed by atoms with van der Waals surface area (Å²) < 4.78 is 5.08. The van der Waals surface area contributed by atoms with Crippen molar-refractivity contribution < 1.29 is 14.5 Å². The van der Waals surface area contributed by atoms with Crippen LogP contribution in [0.25, 0.3) is 0 Å². The average Bonchev–Trinajstić information content (AvgIpc) is 2.81. The van der Waals surface area contributed by atoms with E-state index in [1.165, 1.54) is 5.56 Å². The minimum atomic E-state index is -0.371. The highest BCUT2D eigenvalue weighted by Crippen LogP contribution is 2.38. The van der Waals surface area contributed by atoms with E-state index in [2.05, 4.69) is 27.2 Å². The van der Waals surface area contributed by atoms with Gasteiger partial charge in [0, 0.05) is 64.3 Å². The Labute approximate surface area is 188 Å². The van der Waals surface area contributed by atoms with E-state index in [0.29, 0.717) is 19.6 Å². The summed E-state index contributed by atoms with van der Waals surface area (Å²) in [7, 11) is 1.65. The van der Waals surface area contributed by atoms with E-state index in [0.717, 1.165) is 43.9 Å². The van der Waals surface area contributed by atoms with Crippen molar-refractivity contribution in [3.05, 3.63) is 69.8 Å². The van der Waals surface area contributed by atoms with Gasteiger partial charge in [0.05, 0.1) is 16.9 Å². The molecule has 1 saturated heterocycles. The normalized spacial score (nSPS) is 20.3. The van der Waals surface area contributed by atoms with E-state index in [9.17, 15) is 14.9 Å². The molecule has 0 unspecified atom stereocenters. The number of piperazine rings is 1. The van der Waals surface area contributed by atoms with Crippen LogP contribution in [0.4, 0.5) is 11.4 Å². The molecule has 2 aromatic rings. The number of rotatable bonds is 8. The first-order valence-corrected chi connectivity index (χ1v) is 11.1. The van der Waals surface area contributed by atoms with E-state index in [1.54, 1.807) is 19.2 Å². The van der Waals surface area contributed by atoms with Gasteiger partial charge in [0.1, 0.15) is 0 Å². The third-order valence-corrected chi connectivity index (χ3v) is 6.40. The van der Waals surface area contributed by atoms with Gasteiger partial charge in [-0.25, -0.2) is 0 Å². The van der Waals surface area contributed by atoms with Crippen LogP contribution in [-0.4, -0.2) is 61.7 Å². The number of carbonyl (C=O) groups excluding carboxylic acids is 1. The van der Waals surface area contributed by atoms with Crippen LogP contribution in [0.1, 0.15) is 17.5 Å². The fourth-order valence-corrected chi connectivity index (χ4v) is 4.83. The molecule has 32 heavy (non-hydrogen) atoms. The Morgan fingerprint density at radius 3 is 2.78 bits per heavy atom. The largest absolute Gasteiger partial charge is 0.385 e. The van der Waals surface area contributed by atoms with E-state index in [4.69, 9.17) is 4.74 Å². The number of carbonyl (C=O) groups is 1. The first kappa shape index (κ1) is 22.2. The quantitative estimate of drug-likeness (QED) is 0.387. The number of benzene rings is 2. The van der Waals surface area contributed by atoms with Crippen LogP contribution in [0.3, 0.4) is 0 Å². The number of nitrogens with one attached hydrogen (secondary N) is 1. The number of amides is 1. The minimum absolute atomic E-state index is 0.00909. The molecule has 0 aromatic heterocycles. The molecule has 0 bridgehead atoms. The average molecular weight is 439 g/mol. The number of nitro benzene ring substituents is 1. The number of fused-ring (bicyclic) bond motifs is 3. The van der Waals surface area contributed by atoms with Crippen molar-refractivity contribution in [2.24, 2.45) is 5.92 Å². The topological polar surface area (TPSA) is 87.9 Å². The van der Waals surface area contributed by atoms with Gasteiger partial charge in [-0.2, -0.15) is 0 Å². The molecule has 2 aliphatic rings. The number of hydrogen-bond donors (Lipinski definition) is 1. The van der Waals surface area contributed by atoms with Crippen molar-refractivity contribution in [3.8, 4) is 0 Å². The standard InChI is InChI=1S/C24H30N4O4/c1-32-13-5-10-25-24(29)21-15-19-14-20(28(30)31)8-9-22(19)27-12-11-26(17-23(21)27)16-18-6-3-2-4-7-18/h2-4,6-9,14,21,23H,5,10-13,15-17H2,1H3,(H,25,29)/t21-,23-/m0/s1. The van der Waals surface area contributed by atoms with Crippen molar-refractivity contribution >= 4 is 17.3 Å². The van der Waals surface area contributed by atoms with Gasteiger partial charge in [-0.05, 0) is 30.0 Å². The summed E-state index contributed by atoms with van der Waals surface area (Å²) in [4.78, 5) is 28.8. The van der Waals surface area contributed by atoms with Gasteiger partial charge >= 0.3 is 0 Å². The van der Waals surface area contributed by atoms with Gasteiger partial charge < -0.3 is 15.0 Å². The van der Waals surface area contributed by atoms with E-state index < -0.39 is 0 Å². The van der Waals surface area contributed by atoms with Gasteiger partial charge in [-0.15, -0.1) is 0 Å².